The van der Waals surface area contributed by atoms with Crippen LogP contribution in [0.1, 0.15) is 0 Å². The van der Waals surface area contributed by atoms with E-state index >= 15 is 0 Å². The van der Waals surface area contributed by atoms with E-state index in [2.05, 4.69) is 0 Å². The molecule has 2 aromatic carbocycles. The summed E-state index contributed by atoms with van der Waals surface area (Å²) in [6, 6.07) is 16.5. The normalized spacial score (nSPS) is 13.6. The van der Waals surface area contributed by atoms with Crippen LogP contribution in [0.3, 0.4) is 0 Å². The average Bonchev–Trinajstić information content (AvgIpc) is 2.81. The van der Waals surface area contributed by atoms with E-state index in [0.717, 1.165) is 5.75 Å². The van der Waals surface area contributed by atoms with Gasteiger partial charge in [0, 0.05) is 0 Å². The zero-order valence-electron chi connectivity index (χ0n) is 16.8. The maximum atomic E-state index is 12.5. The van der Waals surface area contributed by atoms with Crippen molar-refractivity contribution in [3.05, 3.63) is 65.9 Å². The molecular weight excluding hydrogens is 390 g/mol. The summed E-state index contributed by atoms with van der Waals surface area (Å²) in [5.74, 6) is -0.0709. The first-order valence-electron chi connectivity index (χ1n) is 9.30. The molecular formula is C22H23NO7. The van der Waals surface area contributed by atoms with E-state index < -0.39 is 11.9 Å². The first-order chi connectivity index (χ1) is 14.7. The second-order valence-electron chi connectivity index (χ2n) is 6.19. The number of carbonyl (C=O) groups excluding carboxylic acids is 2. The SMILES string of the molecule is COC(=O)C1=C(C(=O)OC)N(c2ccccc2OCCOc2ccccc2)COC1. The Morgan fingerprint density at radius 1 is 0.900 bits per heavy atom. The van der Waals surface area contributed by atoms with Crippen molar-refractivity contribution in [3.63, 3.8) is 0 Å². The third-order valence-electron chi connectivity index (χ3n) is 4.34. The van der Waals surface area contributed by atoms with Crippen molar-refractivity contribution in [1.29, 1.82) is 0 Å². The minimum Gasteiger partial charge on any atom is -0.490 e. The Kier molecular flexibility index (Phi) is 7.29. The van der Waals surface area contributed by atoms with Gasteiger partial charge < -0.3 is 28.6 Å². The molecule has 3 rings (SSSR count). The van der Waals surface area contributed by atoms with Crippen LogP contribution in [-0.2, 0) is 23.8 Å². The van der Waals surface area contributed by atoms with Gasteiger partial charge in [-0.15, -0.1) is 0 Å². The van der Waals surface area contributed by atoms with Gasteiger partial charge in [0.25, 0.3) is 0 Å². The number of ether oxygens (including phenoxy) is 5. The molecule has 158 valence electrons. The lowest BCUT2D eigenvalue weighted by Gasteiger charge is -2.32. The number of carbonyl (C=O) groups is 2. The monoisotopic (exact) mass is 413 g/mol. The van der Waals surface area contributed by atoms with Crippen LogP contribution < -0.4 is 14.4 Å². The molecule has 0 aliphatic carbocycles. The van der Waals surface area contributed by atoms with E-state index in [9.17, 15) is 9.59 Å². The van der Waals surface area contributed by atoms with Gasteiger partial charge in [-0.2, -0.15) is 0 Å². The number of hydrogen-bond donors (Lipinski definition) is 0. The molecule has 0 amide bonds. The van der Waals surface area contributed by atoms with Crippen LogP contribution in [0.25, 0.3) is 0 Å². The molecule has 0 unspecified atom stereocenters. The summed E-state index contributed by atoms with van der Waals surface area (Å²) in [6.45, 7) is 0.608. The first kappa shape index (κ1) is 21.2. The number of methoxy groups -OCH3 is 2. The molecule has 1 heterocycles. The quantitative estimate of drug-likeness (QED) is 0.482. The van der Waals surface area contributed by atoms with E-state index in [1.54, 1.807) is 18.2 Å². The number of hydrogen-bond acceptors (Lipinski definition) is 8. The molecule has 8 nitrogen and oxygen atoms in total. The Morgan fingerprint density at radius 2 is 1.57 bits per heavy atom. The van der Waals surface area contributed by atoms with Gasteiger partial charge in [-0.05, 0) is 24.3 Å². The predicted octanol–water partition coefficient (Wildman–Crippen LogP) is 2.54. The van der Waals surface area contributed by atoms with Crippen LogP contribution in [0.4, 0.5) is 5.69 Å². The third-order valence-corrected chi connectivity index (χ3v) is 4.34. The highest BCUT2D eigenvalue weighted by Crippen LogP contribution is 2.34. The van der Waals surface area contributed by atoms with E-state index in [-0.39, 0.29) is 31.2 Å². The average molecular weight is 413 g/mol. The third kappa shape index (κ3) is 4.90. The summed E-state index contributed by atoms with van der Waals surface area (Å²) in [5.41, 5.74) is 0.698. The van der Waals surface area contributed by atoms with Crippen molar-refractivity contribution in [2.75, 3.05) is 45.7 Å². The topological polar surface area (TPSA) is 83.5 Å². The van der Waals surface area contributed by atoms with Gasteiger partial charge in [0.2, 0.25) is 0 Å². The lowest BCUT2D eigenvalue weighted by Crippen LogP contribution is -2.39. The predicted molar refractivity (Wildman–Crippen MR) is 108 cm³/mol. The Labute approximate surface area is 174 Å². The summed E-state index contributed by atoms with van der Waals surface area (Å²) in [6.07, 6.45) is 0. The second kappa shape index (κ2) is 10.3. The molecule has 0 saturated heterocycles. The number of esters is 2. The fraction of sp³-hybridized carbons (Fsp3) is 0.273. The number of nitrogens with zero attached hydrogens (tertiary/aromatic N) is 1. The standard InChI is InChI=1S/C22H23NO7/c1-26-21(24)17-14-28-15-23(20(17)22(25)27-2)18-10-6-7-11-19(18)30-13-12-29-16-8-4-3-5-9-16/h3-11H,12-15H2,1-2H3. The number of anilines is 1. The Morgan fingerprint density at radius 3 is 2.30 bits per heavy atom. The zero-order chi connectivity index (χ0) is 21.3. The molecule has 8 heteroatoms. The van der Waals surface area contributed by atoms with E-state index in [4.69, 9.17) is 23.7 Å². The van der Waals surface area contributed by atoms with Gasteiger partial charge in [-0.25, -0.2) is 9.59 Å². The maximum Gasteiger partial charge on any atom is 0.355 e. The number of rotatable bonds is 8. The smallest absolute Gasteiger partial charge is 0.355 e. The van der Waals surface area contributed by atoms with Crippen LogP contribution in [0.15, 0.2) is 65.9 Å². The van der Waals surface area contributed by atoms with Gasteiger partial charge in [-0.3, -0.25) is 0 Å². The Balaban J connectivity index is 1.80. The highest BCUT2D eigenvalue weighted by Gasteiger charge is 2.33. The molecule has 1 aliphatic rings. The Hall–Kier alpha value is -3.52. The summed E-state index contributed by atoms with van der Waals surface area (Å²) in [5, 5.41) is 0. The molecule has 0 aromatic heterocycles. The highest BCUT2D eigenvalue weighted by atomic mass is 16.5. The van der Waals surface area contributed by atoms with Crippen molar-refractivity contribution in [3.8, 4) is 11.5 Å². The van der Waals surface area contributed by atoms with Crippen LogP contribution >= 0.6 is 0 Å². The summed E-state index contributed by atoms with van der Waals surface area (Å²) in [7, 11) is 2.49. The largest absolute Gasteiger partial charge is 0.490 e. The van der Waals surface area contributed by atoms with Crippen molar-refractivity contribution in [2.45, 2.75) is 0 Å². The molecule has 2 aromatic rings. The van der Waals surface area contributed by atoms with E-state index in [0.29, 0.717) is 18.0 Å². The fourth-order valence-corrected chi connectivity index (χ4v) is 2.96. The number of benzene rings is 2. The molecule has 0 bridgehead atoms. The van der Waals surface area contributed by atoms with E-state index in [1.807, 2.05) is 36.4 Å². The minimum absolute atomic E-state index is 0.0474. The van der Waals surface area contributed by atoms with Crippen LogP contribution in [0, 0.1) is 0 Å². The van der Waals surface area contributed by atoms with Gasteiger partial charge >= 0.3 is 11.9 Å². The van der Waals surface area contributed by atoms with Crippen molar-refractivity contribution in [2.24, 2.45) is 0 Å². The molecule has 0 atom stereocenters. The highest BCUT2D eigenvalue weighted by molar-refractivity contribution is 6.03. The molecule has 0 saturated carbocycles. The fourth-order valence-electron chi connectivity index (χ4n) is 2.96. The van der Waals surface area contributed by atoms with Gasteiger partial charge in [0.1, 0.15) is 37.1 Å². The van der Waals surface area contributed by atoms with Gasteiger partial charge in [0.15, 0.2) is 0 Å². The first-order valence-corrected chi connectivity index (χ1v) is 9.30. The molecule has 30 heavy (non-hydrogen) atoms. The Bertz CT molecular complexity index is 911. The molecule has 0 N–H and O–H groups in total. The zero-order valence-corrected chi connectivity index (χ0v) is 16.8. The number of para-hydroxylation sites is 3. The second-order valence-corrected chi connectivity index (χ2v) is 6.19. The van der Waals surface area contributed by atoms with Crippen LogP contribution in [-0.4, -0.2) is 52.7 Å². The van der Waals surface area contributed by atoms with Crippen molar-refractivity contribution < 1.29 is 33.3 Å². The van der Waals surface area contributed by atoms with Crippen LogP contribution in [0.2, 0.25) is 0 Å². The van der Waals surface area contributed by atoms with E-state index in [1.165, 1.54) is 19.1 Å². The summed E-state index contributed by atoms with van der Waals surface area (Å²) in [4.78, 5) is 26.2. The molecule has 0 radical (unpaired) electrons. The van der Waals surface area contributed by atoms with Crippen molar-refractivity contribution >= 4 is 17.6 Å². The van der Waals surface area contributed by atoms with Gasteiger partial charge in [-0.1, -0.05) is 30.3 Å². The molecule has 0 fully saturated rings. The van der Waals surface area contributed by atoms with Crippen molar-refractivity contribution in [1.82, 2.24) is 0 Å². The summed E-state index contributed by atoms with van der Waals surface area (Å²) >= 11 is 0. The lowest BCUT2D eigenvalue weighted by atomic mass is 10.1. The minimum atomic E-state index is -0.666. The molecule has 1 aliphatic heterocycles. The maximum absolute atomic E-state index is 12.5. The summed E-state index contributed by atoms with van der Waals surface area (Å²) < 4.78 is 26.7. The van der Waals surface area contributed by atoms with Gasteiger partial charge in [0.05, 0.1) is 32.1 Å². The van der Waals surface area contributed by atoms with Crippen LogP contribution in [0.5, 0.6) is 11.5 Å². The molecule has 0 spiro atoms. The lowest BCUT2D eigenvalue weighted by molar-refractivity contribution is -0.140.